The molecule has 5 aromatic carbocycles. The molecule has 0 fully saturated rings. The Hall–Kier alpha value is -4.30. The third-order valence-corrected chi connectivity index (χ3v) is 10.4. The van der Waals surface area contributed by atoms with Gasteiger partial charge in [0.25, 0.3) is 0 Å². The van der Waals surface area contributed by atoms with E-state index in [1.54, 1.807) is 0 Å². The number of furan rings is 1. The van der Waals surface area contributed by atoms with Gasteiger partial charge in [0.15, 0.2) is 0 Å². The van der Waals surface area contributed by atoms with Gasteiger partial charge < -0.3 is 0 Å². The van der Waals surface area contributed by atoms with Crippen LogP contribution in [0.2, 0.25) is 0 Å². The van der Waals surface area contributed by atoms with E-state index in [4.69, 9.17) is 19.4 Å². The summed E-state index contributed by atoms with van der Waals surface area (Å²) in [6.07, 6.45) is 0. The van der Waals surface area contributed by atoms with Crippen molar-refractivity contribution in [2.75, 3.05) is 0 Å². The zero-order valence-electron chi connectivity index (χ0n) is 20.1. The molecule has 8 aromatic rings. The molecule has 0 bridgehead atoms. The van der Waals surface area contributed by atoms with Crippen LogP contribution in [-0.2, 0) is 0 Å². The van der Waals surface area contributed by atoms with Crippen LogP contribution in [0.3, 0.4) is 0 Å². The molecule has 38 heavy (non-hydrogen) atoms. The predicted octanol–water partition coefficient (Wildman–Crippen LogP) is 8.14. The third-order valence-electron chi connectivity index (χ3n) is 6.96. The van der Waals surface area contributed by atoms with Gasteiger partial charge >= 0.3 is 229 Å². The van der Waals surface area contributed by atoms with Crippen molar-refractivity contribution < 1.29 is 4.42 Å². The Morgan fingerprint density at radius 3 is 2.00 bits per heavy atom. The van der Waals surface area contributed by atoms with Crippen molar-refractivity contribution in [1.29, 1.82) is 0 Å². The fourth-order valence-corrected chi connectivity index (χ4v) is 8.68. The summed E-state index contributed by atoms with van der Waals surface area (Å²) in [5.41, 5.74) is 4.70. The van der Waals surface area contributed by atoms with Crippen molar-refractivity contribution in [1.82, 2.24) is 15.0 Å². The van der Waals surface area contributed by atoms with Gasteiger partial charge in [-0.1, -0.05) is 0 Å². The van der Waals surface area contributed by atoms with Crippen molar-refractivity contribution in [3.63, 3.8) is 0 Å². The molecule has 0 aliphatic heterocycles. The van der Waals surface area contributed by atoms with Crippen molar-refractivity contribution in [2.24, 2.45) is 0 Å². The fourth-order valence-electron chi connectivity index (χ4n) is 5.22. The van der Waals surface area contributed by atoms with E-state index in [0.29, 0.717) is 17.5 Å². The van der Waals surface area contributed by atoms with E-state index in [0.717, 1.165) is 38.6 Å². The van der Waals surface area contributed by atoms with Crippen LogP contribution >= 0.6 is 0 Å². The van der Waals surface area contributed by atoms with Gasteiger partial charge in [0.05, 0.1) is 0 Å². The first-order chi connectivity index (χ1) is 18.8. The first-order valence-corrected chi connectivity index (χ1v) is 14.8. The maximum atomic E-state index is 6.17. The number of hydrogen-bond donors (Lipinski definition) is 0. The average molecular weight is 601 g/mol. The van der Waals surface area contributed by atoms with Gasteiger partial charge in [0.2, 0.25) is 0 Å². The van der Waals surface area contributed by atoms with E-state index in [2.05, 4.69) is 66.7 Å². The summed E-state index contributed by atoms with van der Waals surface area (Å²) in [7, 11) is 0. The molecule has 0 radical (unpaired) electrons. The minimum absolute atomic E-state index is 0.554. The Kier molecular flexibility index (Phi) is 4.94. The molecule has 0 amide bonds. The Balaban J connectivity index is 1.44. The molecule has 0 aliphatic rings. The molecule has 8 rings (SSSR count). The summed E-state index contributed by atoms with van der Waals surface area (Å²) in [6, 6.07) is 39.7. The van der Waals surface area contributed by atoms with Crippen molar-refractivity contribution >= 4 is 59.9 Å². The topological polar surface area (TPSA) is 51.8 Å². The summed E-state index contributed by atoms with van der Waals surface area (Å²) in [5, 5.41) is 4.74. The molecule has 178 valence electrons. The second kappa shape index (κ2) is 8.63. The molecule has 0 spiro atoms. The molecule has 0 unspecified atom stereocenters. The van der Waals surface area contributed by atoms with Gasteiger partial charge in [0, 0.05) is 0 Å². The van der Waals surface area contributed by atoms with Crippen molar-refractivity contribution in [2.45, 2.75) is 0 Å². The number of aromatic nitrogens is 3. The second-order valence-electron chi connectivity index (χ2n) is 9.23. The van der Waals surface area contributed by atoms with Gasteiger partial charge in [0.1, 0.15) is 0 Å². The molecule has 5 heteroatoms. The molecule has 0 saturated heterocycles. The summed E-state index contributed by atoms with van der Waals surface area (Å²) in [5.74, 6) is 2.04. The normalized spacial score (nSPS) is 11.7. The van der Waals surface area contributed by atoms with Crippen LogP contribution in [0.15, 0.2) is 120 Å². The number of para-hydroxylation sites is 1. The van der Waals surface area contributed by atoms with Crippen LogP contribution in [0.25, 0.3) is 73.7 Å². The van der Waals surface area contributed by atoms with E-state index >= 15 is 0 Å². The molecule has 3 heterocycles. The number of fused-ring (bicyclic) bond motifs is 6. The average Bonchev–Trinajstić information content (AvgIpc) is 3.56. The fraction of sp³-hybridized carbons (Fsp3) is 0. The number of hydrogen-bond acceptors (Lipinski definition) is 4. The van der Waals surface area contributed by atoms with Gasteiger partial charge in [-0.2, -0.15) is 0 Å². The summed E-state index contributed by atoms with van der Waals surface area (Å²) in [6.45, 7) is 0. The van der Waals surface area contributed by atoms with Crippen LogP contribution in [0, 0.1) is 0 Å². The molecular formula is C33H19N3OTe. The molecule has 0 saturated carbocycles. The van der Waals surface area contributed by atoms with E-state index in [1.165, 1.54) is 17.6 Å². The summed E-state index contributed by atoms with van der Waals surface area (Å²) >= 11 is -0.554. The SMILES string of the molecule is c1ccc(-c2nc(-c3cccc4c3[te]c3ccccc34)nc(-c3cccc4oc5ccccc5c34)n2)cc1. The van der Waals surface area contributed by atoms with Crippen molar-refractivity contribution in [3.8, 4) is 34.2 Å². The van der Waals surface area contributed by atoms with E-state index in [-0.39, 0.29) is 0 Å². The van der Waals surface area contributed by atoms with Gasteiger partial charge in [-0.25, -0.2) is 0 Å². The Morgan fingerprint density at radius 1 is 0.474 bits per heavy atom. The molecular weight excluding hydrogens is 582 g/mol. The molecule has 3 aromatic heterocycles. The number of nitrogens with zero attached hydrogens (tertiary/aromatic N) is 3. The minimum atomic E-state index is -0.554. The van der Waals surface area contributed by atoms with E-state index in [1.807, 2.05) is 48.5 Å². The Morgan fingerprint density at radius 2 is 1.11 bits per heavy atom. The monoisotopic (exact) mass is 603 g/mol. The zero-order chi connectivity index (χ0) is 25.1. The van der Waals surface area contributed by atoms with Crippen LogP contribution in [0.4, 0.5) is 0 Å². The maximum absolute atomic E-state index is 6.17. The first kappa shape index (κ1) is 21.8. The second-order valence-corrected chi connectivity index (χ2v) is 12.2. The zero-order valence-corrected chi connectivity index (χ0v) is 22.5. The van der Waals surface area contributed by atoms with Crippen LogP contribution in [-0.4, -0.2) is 35.4 Å². The molecule has 0 N–H and O–H groups in total. The predicted molar refractivity (Wildman–Crippen MR) is 155 cm³/mol. The molecule has 0 atom stereocenters. The molecule has 4 nitrogen and oxygen atoms in total. The van der Waals surface area contributed by atoms with Gasteiger partial charge in [-0.3, -0.25) is 0 Å². The van der Waals surface area contributed by atoms with Gasteiger partial charge in [-0.15, -0.1) is 0 Å². The van der Waals surface area contributed by atoms with Crippen LogP contribution in [0.5, 0.6) is 0 Å². The summed E-state index contributed by atoms with van der Waals surface area (Å²) in [4.78, 5) is 15.2. The standard InChI is InChI=1S/C33H19N3OTe/c1-2-10-20(11-3-1)31-34-32(24-15-9-18-27-29(24)23-13-4-6-17-26(23)37-27)36-33(35-31)25-16-8-14-22-21-12-5-7-19-28(21)38-30(22)25/h1-19H. The van der Waals surface area contributed by atoms with E-state index in [9.17, 15) is 0 Å². The third kappa shape index (κ3) is 3.40. The number of rotatable bonds is 3. The number of benzene rings is 5. The quantitative estimate of drug-likeness (QED) is 0.192. The van der Waals surface area contributed by atoms with E-state index < -0.39 is 20.4 Å². The van der Waals surface area contributed by atoms with Gasteiger partial charge in [-0.05, 0) is 0 Å². The Bertz CT molecular complexity index is 2140. The van der Waals surface area contributed by atoms with Crippen LogP contribution in [0.1, 0.15) is 0 Å². The molecule has 0 aliphatic carbocycles. The first-order valence-electron chi connectivity index (χ1n) is 12.5. The van der Waals surface area contributed by atoms with Crippen LogP contribution < -0.4 is 0 Å². The Labute approximate surface area is 227 Å². The summed E-state index contributed by atoms with van der Waals surface area (Å²) < 4.78 is 9.03. The van der Waals surface area contributed by atoms with Crippen molar-refractivity contribution in [3.05, 3.63) is 115 Å².